The van der Waals surface area contributed by atoms with Gasteiger partial charge in [0.05, 0.1) is 18.3 Å². The van der Waals surface area contributed by atoms with Crippen molar-refractivity contribution in [2.75, 3.05) is 30.9 Å². The van der Waals surface area contributed by atoms with Crippen LogP contribution >= 0.6 is 22.6 Å². The van der Waals surface area contributed by atoms with Crippen LogP contribution in [0.25, 0.3) is 0 Å². The third kappa shape index (κ3) is 3.55. The average molecular weight is 340 g/mol. The molecule has 2 aliphatic rings. The fourth-order valence-electron chi connectivity index (χ4n) is 2.27. The molecule has 1 unspecified atom stereocenters. The molecule has 0 amide bonds. The minimum Gasteiger partial charge on any atom is -0.381 e. The SMILES string of the molecule is ICC1(OCC2CCCCO2)CCOCC1. The van der Waals surface area contributed by atoms with Gasteiger partial charge in [0.2, 0.25) is 0 Å². The molecule has 16 heavy (non-hydrogen) atoms. The minimum atomic E-state index is 0.0552. The summed E-state index contributed by atoms with van der Waals surface area (Å²) in [5, 5.41) is 0. The number of hydrogen-bond acceptors (Lipinski definition) is 3. The second-order valence-electron chi connectivity index (χ2n) is 4.73. The lowest BCUT2D eigenvalue weighted by Gasteiger charge is -2.37. The summed E-state index contributed by atoms with van der Waals surface area (Å²) in [6.45, 7) is 3.36. The number of hydrogen-bond donors (Lipinski definition) is 0. The zero-order valence-corrected chi connectivity index (χ0v) is 11.9. The molecule has 94 valence electrons. The number of ether oxygens (including phenoxy) is 3. The summed E-state index contributed by atoms with van der Waals surface area (Å²) in [6.07, 6.45) is 6.05. The fraction of sp³-hybridized carbons (Fsp3) is 1.00. The highest BCUT2D eigenvalue weighted by Gasteiger charge is 2.33. The zero-order chi connectivity index (χ0) is 11.3. The summed E-state index contributed by atoms with van der Waals surface area (Å²) in [6, 6.07) is 0. The Morgan fingerprint density at radius 1 is 1.19 bits per heavy atom. The van der Waals surface area contributed by atoms with E-state index in [1.54, 1.807) is 0 Å². The Morgan fingerprint density at radius 2 is 2.00 bits per heavy atom. The van der Waals surface area contributed by atoms with Gasteiger partial charge < -0.3 is 14.2 Å². The van der Waals surface area contributed by atoms with Crippen LogP contribution in [0.5, 0.6) is 0 Å². The lowest BCUT2D eigenvalue weighted by atomic mass is 9.96. The molecule has 0 aliphatic carbocycles. The molecule has 0 saturated carbocycles. The third-order valence-electron chi connectivity index (χ3n) is 3.50. The molecule has 2 fully saturated rings. The number of alkyl halides is 1. The molecule has 0 aromatic heterocycles. The Hall–Kier alpha value is 0.610. The van der Waals surface area contributed by atoms with Crippen molar-refractivity contribution in [1.82, 2.24) is 0 Å². The van der Waals surface area contributed by atoms with E-state index in [4.69, 9.17) is 14.2 Å². The van der Waals surface area contributed by atoms with Crippen LogP contribution in [0.2, 0.25) is 0 Å². The van der Waals surface area contributed by atoms with Crippen molar-refractivity contribution in [3.8, 4) is 0 Å². The van der Waals surface area contributed by atoms with Crippen molar-refractivity contribution in [2.45, 2.75) is 43.8 Å². The van der Waals surface area contributed by atoms with Gasteiger partial charge in [-0.2, -0.15) is 0 Å². The Kier molecular flexibility index (Phi) is 5.32. The minimum absolute atomic E-state index is 0.0552. The second-order valence-corrected chi connectivity index (χ2v) is 5.49. The first kappa shape index (κ1) is 13.1. The standard InChI is InChI=1S/C12H21IO3/c13-10-12(4-7-14-8-5-12)16-9-11-3-1-2-6-15-11/h11H,1-10H2. The number of halogens is 1. The molecule has 0 radical (unpaired) electrons. The summed E-state index contributed by atoms with van der Waals surface area (Å²) in [7, 11) is 0. The van der Waals surface area contributed by atoms with Gasteiger partial charge >= 0.3 is 0 Å². The summed E-state index contributed by atoms with van der Waals surface area (Å²) < 4.78 is 18.3. The molecule has 3 nitrogen and oxygen atoms in total. The highest BCUT2D eigenvalue weighted by atomic mass is 127. The van der Waals surface area contributed by atoms with Crippen molar-refractivity contribution >= 4 is 22.6 Å². The fourth-order valence-corrected chi connectivity index (χ4v) is 3.25. The largest absolute Gasteiger partial charge is 0.381 e. The molecule has 2 saturated heterocycles. The van der Waals surface area contributed by atoms with E-state index in [2.05, 4.69) is 22.6 Å². The van der Waals surface area contributed by atoms with E-state index in [9.17, 15) is 0 Å². The molecule has 0 spiro atoms. The van der Waals surface area contributed by atoms with E-state index in [1.165, 1.54) is 12.8 Å². The molecule has 0 N–H and O–H groups in total. The van der Waals surface area contributed by atoms with Crippen molar-refractivity contribution in [3.63, 3.8) is 0 Å². The molecule has 0 bridgehead atoms. The molecule has 0 aromatic rings. The van der Waals surface area contributed by atoms with Crippen LogP contribution < -0.4 is 0 Å². The first-order chi connectivity index (χ1) is 7.85. The van der Waals surface area contributed by atoms with Crippen molar-refractivity contribution < 1.29 is 14.2 Å². The Labute approximate surface area is 111 Å². The topological polar surface area (TPSA) is 27.7 Å². The highest BCUT2D eigenvalue weighted by Crippen LogP contribution is 2.28. The normalized spacial score (nSPS) is 30.2. The molecular weight excluding hydrogens is 319 g/mol. The lowest BCUT2D eigenvalue weighted by Crippen LogP contribution is -2.43. The first-order valence-electron chi connectivity index (χ1n) is 6.24. The Bertz CT molecular complexity index is 198. The molecule has 2 aliphatic heterocycles. The van der Waals surface area contributed by atoms with Gasteiger partial charge in [-0.1, -0.05) is 22.6 Å². The summed E-state index contributed by atoms with van der Waals surface area (Å²) >= 11 is 2.43. The van der Waals surface area contributed by atoms with Crippen LogP contribution in [0.3, 0.4) is 0 Å². The molecule has 0 aromatic carbocycles. The second kappa shape index (κ2) is 6.52. The quantitative estimate of drug-likeness (QED) is 0.582. The van der Waals surface area contributed by atoms with E-state index in [-0.39, 0.29) is 5.60 Å². The highest BCUT2D eigenvalue weighted by molar-refractivity contribution is 14.1. The summed E-state index contributed by atoms with van der Waals surface area (Å²) in [5.41, 5.74) is 0.0552. The predicted molar refractivity (Wildman–Crippen MR) is 71.2 cm³/mol. The van der Waals surface area contributed by atoms with E-state index >= 15 is 0 Å². The number of rotatable bonds is 4. The van der Waals surface area contributed by atoms with Crippen LogP contribution in [-0.4, -0.2) is 42.6 Å². The third-order valence-corrected chi connectivity index (χ3v) is 4.89. The van der Waals surface area contributed by atoms with E-state index < -0.39 is 0 Å². The van der Waals surface area contributed by atoms with Crippen LogP contribution in [0.1, 0.15) is 32.1 Å². The van der Waals surface area contributed by atoms with E-state index in [1.807, 2.05) is 0 Å². The maximum atomic E-state index is 6.15. The van der Waals surface area contributed by atoms with Crippen molar-refractivity contribution in [1.29, 1.82) is 0 Å². The van der Waals surface area contributed by atoms with Crippen LogP contribution in [-0.2, 0) is 14.2 Å². The van der Waals surface area contributed by atoms with Gasteiger partial charge in [-0.15, -0.1) is 0 Å². The smallest absolute Gasteiger partial charge is 0.0816 e. The van der Waals surface area contributed by atoms with Crippen molar-refractivity contribution in [3.05, 3.63) is 0 Å². The summed E-state index contributed by atoms with van der Waals surface area (Å²) in [4.78, 5) is 0. The molecule has 2 rings (SSSR count). The van der Waals surface area contributed by atoms with Gasteiger partial charge in [0.25, 0.3) is 0 Å². The van der Waals surface area contributed by atoms with Gasteiger partial charge in [0, 0.05) is 37.1 Å². The van der Waals surface area contributed by atoms with Gasteiger partial charge in [0.15, 0.2) is 0 Å². The first-order valence-corrected chi connectivity index (χ1v) is 7.76. The molecule has 2 heterocycles. The predicted octanol–water partition coefficient (Wildman–Crippen LogP) is 2.56. The van der Waals surface area contributed by atoms with Gasteiger partial charge in [-0.05, 0) is 19.3 Å². The maximum absolute atomic E-state index is 6.15. The van der Waals surface area contributed by atoms with Crippen LogP contribution in [0.15, 0.2) is 0 Å². The van der Waals surface area contributed by atoms with Gasteiger partial charge in [-0.3, -0.25) is 0 Å². The molecule has 1 atom stereocenters. The summed E-state index contributed by atoms with van der Waals surface area (Å²) in [5.74, 6) is 0. The molecule has 4 heteroatoms. The average Bonchev–Trinajstić information content (AvgIpc) is 2.39. The van der Waals surface area contributed by atoms with Crippen LogP contribution in [0, 0.1) is 0 Å². The van der Waals surface area contributed by atoms with E-state index in [0.717, 1.165) is 50.1 Å². The Balaban J connectivity index is 1.77. The Morgan fingerprint density at radius 3 is 2.62 bits per heavy atom. The van der Waals surface area contributed by atoms with Crippen LogP contribution in [0.4, 0.5) is 0 Å². The molecular formula is C12H21IO3. The zero-order valence-electron chi connectivity index (χ0n) is 9.75. The monoisotopic (exact) mass is 340 g/mol. The lowest BCUT2D eigenvalue weighted by molar-refractivity contribution is -0.131. The van der Waals surface area contributed by atoms with Gasteiger partial charge in [-0.25, -0.2) is 0 Å². The van der Waals surface area contributed by atoms with Gasteiger partial charge in [0.1, 0.15) is 0 Å². The van der Waals surface area contributed by atoms with E-state index in [0.29, 0.717) is 6.10 Å². The maximum Gasteiger partial charge on any atom is 0.0816 e. The van der Waals surface area contributed by atoms with Crippen molar-refractivity contribution in [2.24, 2.45) is 0 Å².